The first kappa shape index (κ1) is 26.9. The Balaban J connectivity index is 1.74. The van der Waals surface area contributed by atoms with Crippen LogP contribution in [0, 0.1) is 0 Å². The second-order valence-electron chi connectivity index (χ2n) is 10.3. The molecule has 2 aliphatic heterocycles. The van der Waals surface area contributed by atoms with E-state index < -0.39 is 23.5 Å². The minimum absolute atomic E-state index is 0.103. The maximum Gasteiger partial charge on any atom is 0.300 e. The Bertz CT molecular complexity index is 1510. The first-order valence-corrected chi connectivity index (χ1v) is 13.1. The van der Waals surface area contributed by atoms with E-state index >= 15 is 0 Å². The van der Waals surface area contributed by atoms with Gasteiger partial charge in [-0.05, 0) is 40.8 Å². The van der Waals surface area contributed by atoms with Crippen molar-refractivity contribution in [1.29, 1.82) is 0 Å². The van der Waals surface area contributed by atoms with Crippen LogP contribution in [-0.2, 0) is 15.0 Å². The number of nitrogens with zero attached hydrogens (tertiary/aromatic N) is 1. The fourth-order valence-corrected chi connectivity index (χ4v) is 5.42. The molecule has 0 aliphatic carbocycles. The monoisotopic (exact) mass is 567 g/mol. The van der Waals surface area contributed by atoms with Gasteiger partial charge in [0, 0.05) is 16.8 Å². The number of hydrogen-bond donors (Lipinski definition) is 1. The molecule has 0 bridgehead atoms. The molecule has 1 atom stereocenters. The zero-order chi connectivity index (χ0) is 28.1. The Morgan fingerprint density at radius 1 is 0.974 bits per heavy atom. The molecule has 3 aromatic carbocycles. The molecule has 0 radical (unpaired) electrons. The number of anilines is 1. The van der Waals surface area contributed by atoms with Crippen LogP contribution in [0.25, 0.3) is 5.76 Å². The number of aliphatic hydroxyl groups is 1. The molecule has 1 amide bonds. The molecule has 1 fully saturated rings. The van der Waals surface area contributed by atoms with E-state index in [1.165, 1.54) is 24.1 Å². The van der Waals surface area contributed by atoms with Crippen molar-refractivity contribution in [3.63, 3.8) is 0 Å². The highest BCUT2D eigenvalue weighted by Crippen LogP contribution is 2.46. The summed E-state index contributed by atoms with van der Waals surface area (Å²) >= 11 is 12.6. The summed E-state index contributed by atoms with van der Waals surface area (Å²) in [5, 5.41) is 12.0. The lowest BCUT2D eigenvalue weighted by Crippen LogP contribution is -2.29. The number of methoxy groups -OCH3 is 1. The van der Waals surface area contributed by atoms with E-state index in [0.29, 0.717) is 36.0 Å². The molecule has 5 rings (SSSR count). The summed E-state index contributed by atoms with van der Waals surface area (Å²) < 4.78 is 16.8. The molecule has 39 heavy (non-hydrogen) atoms. The minimum atomic E-state index is -0.955. The number of aliphatic hydroxyl groups excluding tert-OH is 1. The maximum atomic E-state index is 13.6. The van der Waals surface area contributed by atoms with E-state index in [-0.39, 0.29) is 32.3 Å². The second kappa shape index (κ2) is 10.1. The largest absolute Gasteiger partial charge is 0.507 e. The summed E-state index contributed by atoms with van der Waals surface area (Å²) in [7, 11) is 1.39. The van der Waals surface area contributed by atoms with Crippen molar-refractivity contribution < 1.29 is 28.9 Å². The topological polar surface area (TPSA) is 85.3 Å². The molecule has 1 N–H and O–H groups in total. The molecule has 2 heterocycles. The van der Waals surface area contributed by atoms with E-state index in [0.717, 1.165) is 5.56 Å². The molecule has 9 heteroatoms. The Morgan fingerprint density at radius 3 is 2.28 bits per heavy atom. The maximum absolute atomic E-state index is 13.6. The van der Waals surface area contributed by atoms with Crippen LogP contribution in [0.1, 0.15) is 43.5 Å². The molecule has 1 unspecified atom stereocenters. The summed E-state index contributed by atoms with van der Waals surface area (Å²) in [5.74, 6) is -0.960. The van der Waals surface area contributed by atoms with Crippen molar-refractivity contribution in [1.82, 2.24) is 0 Å². The highest BCUT2D eigenvalue weighted by molar-refractivity contribution is 6.52. The summed E-state index contributed by atoms with van der Waals surface area (Å²) in [6.45, 7) is 7.07. The van der Waals surface area contributed by atoms with Crippen LogP contribution < -0.4 is 19.1 Å². The molecule has 3 aromatic rings. The average molecular weight is 568 g/mol. The Hall–Kier alpha value is -3.68. The molecule has 7 nitrogen and oxygen atoms in total. The second-order valence-corrected chi connectivity index (χ2v) is 11.2. The fraction of sp³-hybridized carbons (Fsp3) is 0.267. The van der Waals surface area contributed by atoms with Crippen LogP contribution in [0.5, 0.6) is 17.2 Å². The lowest BCUT2D eigenvalue weighted by molar-refractivity contribution is -0.132. The van der Waals surface area contributed by atoms with E-state index in [1.54, 1.807) is 18.2 Å². The Kier molecular flexibility index (Phi) is 6.99. The Morgan fingerprint density at radius 2 is 1.64 bits per heavy atom. The Labute approximate surface area is 236 Å². The van der Waals surface area contributed by atoms with Crippen molar-refractivity contribution >= 4 is 46.3 Å². The van der Waals surface area contributed by atoms with Gasteiger partial charge in [0.25, 0.3) is 11.7 Å². The van der Waals surface area contributed by atoms with Gasteiger partial charge in [-0.15, -0.1) is 0 Å². The summed E-state index contributed by atoms with van der Waals surface area (Å²) in [6.07, 6.45) is 0. The molecular formula is C30H27Cl2NO6. The average Bonchev–Trinajstić information content (AvgIpc) is 3.17. The first-order valence-electron chi connectivity index (χ1n) is 12.4. The molecule has 0 aromatic heterocycles. The number of carbonyl (C=O) groups is 2. The molecule has 0 spiro atoms. The number of carbonyl (C=O) groups excluding carboxylic acids is 2. The zero-order valence-corrected chi connectivity index (χ0v) is 23.4. The number of halogens is 2. The zero-order valence-electron chi connectivity index (χ0n) is 21.9. The van der Waals surface area contributed by atoms with E-state index in [4.69, 9.17) is 37.4 Å². The lowest BCUT2D eigenvalue weighted by Gasteiger charge is -2.28. The van der Waals surface area contributed by atoms with Crippen LogP contribution in [-0.4, -0.2) is 37.1 Å². The van der Waals surface area contributed by atoms with Gasteiger partial charge in [-0.25, -0.2) is 0 Å². The van der Waals surface area contributed by atoms with Crippen molar-refractivity contribution in [2.24, 2.45) is 0 Å². The van der Waals surface area contributed by atoms with Gasteiger partial charge in [0.1, 0.15) is 24.7 Å². The summed E-state index contributed by atoms with van der Waals surface area (Å²) in [4.78, 5) is 28.6. The molecule has 1 saturated heterocycles. The number of amides is 1. The fourth-order valence-electron chi connectivity index (χ4n) is 4.85. The van der Waals surface area contributed by atoms with Gasteiger partial charge in [0.05, 0.1) is 29.3 Å². The number of Topliss-reactive ketones (excluding diaryl/α,β-unsaturated/α-hetero) is 1. The number of benzene rings is 3. The predicted octanol–water partition coefficient (Wildman–Crippen LogP) is 6.70. The van der Waals surface area contributed by atoms with Gasteiger partial charge in [-0.1, -0.05) is 68.2 Å². The summed E-state index contributed by atoms with van der Waals surface area (Å²) in [5.41, 5.74) is 2.00. The number of rotatable bonds is 4. The highest BCUT2D eigenvalue weighted by Gasteiger charge is 2.47. The van der Waals surface area contributed by atoms with Crippen LogP contribution in [0.15, 0.2) is 60.2 Å². The predicted molar refractivity (Wildman–Crippen MR) is 150 cm³/mol. The third kappa shape index (κ3) is 4.81. The van der Waals surface area contributed by atoms with E-state index in [1.807, 2.05) is 24.3 Å². The number of hydrogen-bond acceptors (Lipinski definition) is 6. The molecule has 2 aliphatic rings. The summed E-state index contributed by atoms with van der Waals surface area (Å²) in [6, 6.07) is 14.6. The number of ketones is 1. The quantitative estimate of drug-likeness (QED) is 0.214. The third-order valence-corrected chi connectivity index (χ3v) is 7.31. The highest BCUT2D eigenvalue weighted by atomic mass is 35.5. The van der Waals surface area contributed by atoms with Gasteiger partial charge < -0.3 is 19.3 Å². The lowest BCUT2D eigenvalue weighted by atomic mass is 9.85. The van der Waals surface area contributed by atoms with Gasteiger partial charge in [-0.3, -0.25) is 14.5 Å². The van der Waals surface area contributed by atoms with Gasteiger partial charge in [-0.2, -0.15) is 0 Å². The van der Waals surface area contributed by atoms with Gasteiger partial charge in [0.15, 0.2) is 11.5 Å². The third-order valence-electron chi connectivity index (χ3n) is 6.81. The van der Waals surface area contributed by atoms with Gasteiger partial charge in [0.2, 0.25) is 0 Å². The van der Waals surface area contributed by atoms with Crippen molar-refractivity contribution in [2.75, 3.05) is 25.2 Å². The number of ether oxygens (including phenoxy) is 3. The molecule has 202 valence electrons. The SMILES string of the molecule is COc1c(Cl)cc(Cl)cc1/C(O)=C1\C(=O)C(=O)N(c2ccc3c(c2)OCCO3)C1c1ccc(C(C)(C)C)cc1. The first-order chi connectivity index (χ1) is 18.5. The van der Waals surface area contributed by atoms with Crippen molar-refractivity contribution in [2.45, 2.75) is 32.2 Å². The van der Waals surface area contributed by atoms with Crippen molar-refractivity contribution in [3.8, 4) is 17.2 Å². The smallest absolute Gasteiger partial charge is 0.300 e. The standard InChI is InChI=1S/C30H27Cl2NO6/c1-30(2,3)17-7-5-16(6-8-17)25-24(26(34)20-13-18(31)14-21(32)28(20)37-4)27(35)29(36)33(25)19-9-10-22-23(15-19)39-12-11-38-22/h5-10,13-15,25,34H,11-12H2,1-4H3/b26-24+. The van der Waals surface area contributed by atoms with E-state index in [9.17, 15) is 14.7 Å². The normalized spacial score (nSPS) is 18.4. The van der Waals surface area contributed by atoms with Crippen LogP contribution in [0.4, 0.5) is 5.69 Å². The van der Waals surface area contributed by atoms with Crippen LogP contribution in [0.2, 0.25) is 10.0 Å². The van der Waals surface area contributed by atoms with Crippen molar-refractivity contribution in [3.05, 3.63) is 86.9 Å². The van der Waals surface area contributed by atoms with Crippen LogP contribution in [0.3, 0.4) is 0 Å². The minimum Gasteiger partial charge on any atom is -0.507 e. The van der Waals surface area contributed by atoms with E-state index in [2.05, 4.69) is 20.8 Å². The number of fused-ring (bicyclic) bond motifs is 1. The van der Waals surface area contributed by atoms with Crippen LogP contribution >= 0.6 is 23.2 Å². The molecule has 0 saturated carbocycles. The molecular weight excluding hydrogens is 541 g/mol. The van der Waals surface area contributed by atoms with Gasteiger partial charge >= 0.3 is 0 Å².